The second-order valence-electron chi connectivity index (χ2n) is 5.96. The van der Waals surface area contributed by atoms with Crippen molar-refractivity contribution in [1.82, 2.24) is 14.9 Å². The van der Waals surface area contributed by atoms with Crippen LogP contribution in [-0.4, -0.2) is 40.5 Å². The summed E-state index contributed by atoms with van der Waals surface area (Å²) < 4.78 is 12.7. The quantitative estimate of drug-likeness (QED) is 0.919. The Morgan fingerprint density at radius 3 is 2.65 bits per heavy atom. The van der Waals surface area contributed by atoms with Crippen molar-refractivity contribution in [1.29, 1.82) is 0 Å². The molecule has 2 aliphatic rings. The summed E-state index contributed by atoms with van der Waals surface area (Å²) in [7, 11) is 0. The van der Waals surface area contributed by atoms with Crippen molar-refractivity contribution in [3.63, 3.8) is 0 Å². The first-order chi connectivity index (χ1) is 9.83. The molecule has 1 saturated carbocycles. The molecule has 2 unspecified atom stereocenters. The van der Waals surface area contributed by atoms with E-state index in [1.54, 1.807) is 0 Å². The van der Waals surface area contributed by atoms with E-state index in [4.69, 9.17) is 0 Å². The molecule has 2 heterocycles. The maximum Gasteiger partial charge on any atom is 0.231 e. The number of halogens is 1. The van der Waals surface area contributed by atoms with E-state index in [2.05, 4.69) is 20.2 Å². The standard InChI is InChI=1S/C15H23FN4/c16-14-10-19-15(11-17-14)18-9-12-5-1-2-6-13(12)20-7-3-4-8-20/h10-13H,1-9H2,(H,18,19). The van der Waals surface area contributed by atoms with Crippen LogP contribution in [-0.2, 0) is 0 Å². The topological polar surface area (TPSA) is 41.1 Å². The fourth-order valence-electron chi connectivity index (χ4n) is 3.62. The first-order valence-corrected chi connectivity index (χ1v) is 7.78. The van der Waals surface area contributed by atoms with Gasteiger partial charge in [0.1, 0.15) is 5.82 Å². The number of anilines is 1. The second-order valence-corrected chi connectivity index (χ2v) is 5.96. The summed E-state index contributed by atoms with van der Waals surface area (Å²) in [6.07, 6.45) is 10.6. The summed E-state index contributed by atoms with van der Waals surface area (Å²) in [5.74, 6) is 0.828. The minimum atomic E-state index is -0.525. The van der Waals surface area contributed by atoms with Crippen LogP contribution in [0.25, 0.3) is 0 Å². The second kappa shape index (κ2) is 6.48. The maximum absolute atomic E-state index is 12.7. The molecule has 0 radical (unpaired) electrons. The molecule has 20 heavy (non-hydrogen) atoms. The zero-order valence-electron chi connectivity index (χ0n) is 11.9. The van der Waals surface area contributed by atoms with Crippen LogP contribution >= 0.6 is 0 Å². The van der Waals surface area contributed by atoms with Crippen LogP contribution in [0.3, 0.4) is 0 Å². The third-order valence-corrected chi connectivity index (χ3v) is 4.64. The van der Waals surface area contributed by atoms with Crippen LogP contribution in [0.1, 0.15) is 38.5 Å². The molecular weight excluding hydrogens is 255 g/mol. The maximum atomic E-state index is 12.7. The molecule has 2 atom stereocenters. The van der Waals surface area contributed by atoms with E-state index < -0.39 is 5.95 Å². The van der Waals surface area contributed by atoms with Crippen LogP contribution in [0.2, 0.25) is 0 Å². The van der Waals surface area contributed by atoms with Crippen molar-refractivity contribution in [3.8, 4) is 0 Å². The number of nitrogens with zero attached hydrogens (tertiary/aromatic N) is 3. The molecule has 1 aromatic rings. The lowest BCUT2D eigenvalue weighted by Gasteiger charge is -2.38. The van der Waals surface area contributed by atoms with E-state index in [-0.39, 0.29) is 0 Å². The summed E-state index contributed by atoms with van der Waals surface area (Å²) in [5.41, 5.74) is 0. The molecule has 1 saturated heterocycles. The van der Waals surface area contributed by atoms with Gasteiger partial charge in [-0.1, -0.05) is 12.8 Å². The minimum Gasteiger partial charge on any atom is -0.368 e. The Kier molecular flexibility index (Phi) is 4.45. The first kappa shape index (κ1) is 13.7. The third-order valence-electron chi connectivity index (χ3n) is 4.64. The van der Waals surface area contributed by atoms with Crippen molar-refractivity contribution in [2.75, 3.05) is 25.0 Å². The van der Waals surface area contributed by atoms with Gasteiger partial charge in [-0.15, -0.1) is 0 Å². The highest BCUT2D eigenvalue weighted by molar-refractivity contribution is 5.30. The molecule has 2 fully saturated rings. The summed E-state index contributed by atoms with van der Waals surface area (Å²) in [5, 5.41) is 3.33. The van der Waals surface area contributed by atoms with Crippen molar-refractivity contribution in [2.45, 2.75) is 44.6 Å². The van der Waals surface area contributed by atoms with Gasteiger partial charge in [-0.25, -0.2) is 9.97 Å². The number of likely N-dealkylation sites (tertiary alicyclic amines) is 1. The fraction of sp³-hybridized carbons (Fsp3) is 0.733. The van der Waals surface area contributed by atoms with E-state index in [9.17, 15) is 4.39 Å². The molecule has 1 N–H and O–H groups in total. The van der Waals surface area contributed by atoms with Gasteiger partial charge >= 0.3 is 0 Å². The van der Waals surface area contributed by atoms with Gasteiger partial charge < -0.3 is 10.2 Å². The molecule has 0 amide bonds. The lowest BCUT2D eigenvalue weighted by Crippen LogP contribution is -2.43. The molecule has 1 aliphatic heterocycles. The molecule has 4 nitrogen and oxygen atoms in total. The largest absolute Gasteiger partial charge is 0.368 e. The predicted molar refractivity (Wildman–Crippen MR) is 77.0 cm³/mol. The van der Waals surface area contributed by atoms with Crippen LogP contribution in [0.4, 0.5) is 10.2 Å². The number of rotatable bonds is 4. The Morgan fingerprint density at radius 1 is 1.10 bits per heavy atom. The highest BCUT2D eigenvalue weighted by atomic mass is 19.1. The number of hydrogen-bond donors (Lipinski definition) is 1. The molecule has 0 bridgehead atoms. The molecule has 5 heteroatoms. The Bertz CT molecular complexity index is 416. The van der Waals surface area contributed by atoms with E-state index >= 15 is 0 Å². The zero-order valence-corrected chi connectivity index (χ0v) is 11.9. The Balaban J connectivity index is 1.57. The minimum absolute atomic E-state index is 0.525. The van der Waals surface area contributed by atoms with Crippen molar-refractivity contribution < 1.29 is 4.39 Å². The number of hydrogen-bond acceptors (Lipinski definition) is 4. The van der Waals surface area contributed by atoms with Crippen molar-refractivity contribution >= 4 is 5.82 Å². The average molecular weight is 278 g/mol. The van der Waals surface area contributed by atoms with Gasteiger partial charge in [-0.2, -0.15) is 4.39 Å². The Hall–Kier alpha value is -1.23. The van der Waals surface area contributed by atoms with Crippen LogP contribution < -0.4 is 5.32 Å². The highest BCUT2D eigenvalue weighted by Crippen LogP contribution is 2.30. The Labute approximate surface area is 119 Å². The van der Waals surface area contributed by atoms with E-state index in [1.807, 2.05) is 0 Å². The molecule has 1 aliphatic carbocycles. The zero-order chi connectivity index (χ0) is 13.8. The number of nitrogens with one attached hydrogen (secondary N) is 1. The molecule has 0 aromatic carbocycles. The lowest BCUT2D eigenvalue weighted by molar-refractivity contribution is 0.135. The van der Waals surface area contributed by atoms with Crippen LogP contribution in [0.15, 0.2) is 12.4 Å². The summed E-state index contributed by atoms with van der Waals surface area (Å²) in [6.45, 7) is 3.44. The molecule has 0 spiro atoms. The smallest absolute Gasteiger partial charge is 0.231 e. The van der Waals surface area contributed by atoms with E-state index in [0.717, 1.165) is 6.54 Å². The normalized spacial score (nSPS) is 27.6. The van der Waals surface area contributed by atoms with Crippen molar-refractivity contribution in [2.24, 2.45) is 5.92 Å². The van der Waals surface area contributed by atoms with Gasteiger partial charge in [0.05, 0.1) is 12.4 Å². The van der Waals surface area contributed by atoms with Gasteiger partial charge in [0, 0.05) is 12.6 Å². The summed E-state index contributed by atoms with van der Waals surface area (Å²) in [6, 6.07) is 0.715. The summed E-state index contributed by atoms with van der Waals surface area (Å²) in [4.78, 5) is 10.3. The monoisotopic (exact) mass is 278 g/mol. The van der Waals surface area contributed by atoms with E-state index in [1.165, 1.54) is 64.0 Å². The van der Waals surface area contributed by atoms with Gasteiger partial charge in [-0.3, -0.25) is 0 Å². The lowest BCUT2D eigenvalue weighted by atomic mass is 9.83. The molecule has 110 valence electrons. The van der Waals surface area contributed by atoms with Crippen LogP contribution in [0, 0.1) is 11.9 Å². The van der Waals surface area contributed by atoms with E-state index in [0.29, 0.717) is 17.8 Å². The van der Waals surface area contributed by atoms with Gasteiger partial charge in [0.15, 0.2) is 0 Å². The predicted octanol–water partition coefficient (Wildman–Crippen LogP) is 2.68. The van der Waals surface area contributed by atoms with Gasteiger partial charge in [0.25, 0.3) is 0 Å². The first-order valence-electron chi connectivity index (χ1n) is 7.78. The summed E-state index contributed by atoms with van der Waals surface area (Å²) >= 11 is 0. The Morgan fingerprint density at radius 2 is 1.90 bits per heavy atom. The van der Waals surface area contributed by atoms with Gasteiger partial charge in [0.2, 0.25) is 5.95 Å². The third kappa shape index (κ3) is 3.26. The highest BCUT2D eigenvalue weighted by Gasteiger charge is 2.31. The van der Waals surface area contributed by atoms with Gasteiger partial charge in [-0.05, 0) is 44.7 Å². The van der Waals surface area contributed by atoms with Crippen LogP contribution in [0.5, 0.6) is 0 Å². The molecular formula is C15H23FN4. The molecule has 3 rings (SSSR count). The number of aromatic nitrogens is 2. The van der Waals surface area contributed by atoms with Crippen molar-refractivity contribution in [3.05, 3.63) is 18.3 Å². The fourth-order valence-corrected chi connectivity index (χ4v) is 3.62. The SMILES string of the molecule is Fc1cnc(NCC2CCCCC2N2CCCC2)cn1. The average Bonchev–Trinajstić information content (AvgIpc) is 3.01. The molecule has 1 aromatic heterocycles.